The number of halogens is 3. The number of carbonyl (C=O) groups is 1. The minimum atomic E-state index is -4.41. The second-order valence-corrected chi connectivity index (χ2v) is 4.65. The molecule has 1 unspecified atom stereocenters. The van der Waals surface area contributed by atoms with Crippen LogP contribution in [0.3, 0.4) is 0 Å². The third kappa shape index (κ3) is 3.67. The van der Waals surface area contributed by atoms with Crippen LogP contribution in [0, 0.1) is 0 Å². The van der Waals surface area contributed by atoms with E-state index in [9.17, 15) is 18.0 Å². The average Bonchev–Trinajstić information content (AvgIpc) is 2.38. The second-order valence-electron chi connectivity index (χ2n) is 4.10. The highest BCUT2D eigenvalue weighted by atomic mass is 32.2. The molecular formula is C13H16F3O3S+. The van der Waals surface area contributed by atoms with Crippen LogP contribution in [0.1, 0.15) is 25.0 Å². The van der Waals surface area contributed by atoms with E-state index in [0.717, 1.165) is 12.1 Å². The van der Waals surface area contributed by atoms with Crippen LogP contribution in [0.2, 0.25) is 0 Å². The number of hydrogen-bond donors (Lipinski definition) is 0. The highest BCUT2D eigenvalue weighted by Gasteiger charge is 2.42. The van der Waals surface area contributed by atoms with Crippen LogP contribution in [-0.4, -0.2) is 18.8 Å². The van der Waals surface area contributed by atoms with E-state index in [1.54, 1.807) is 13.2 Å². The van der Waals surface area contributed by atoms with Gasteiger partial charge in [0.05, 0.1) is 12.2 Å². The lowest BCUT2D eigenvalue weighted by Gasteiger charge is -2.22. The molecule has 3 nitrogen and oxygen atoms in total. The zero-order valence-corrected chi connectivity index (χ0v) is 12.2. The van der Waals surface area contributed by atoms with Crippen molar-refractivity contribution in [2.75, 3.05) is 12.9 Å². The van der Waals surface area contributed by atoms with Crippen molar-refractivity contribution in [1.29, 1.82) is 0 Å². The van der Waals surface area contributed by atoms with Crippen LogP contribution in [0.15, 0.2) is 24.3 Å². The Morgan fingerprint density at radius 2 is 1.70 bits per heavy atom. The molecule has 0 heterocycles. The third-order valence-corrected chi connectivity index (χ3v) is 3.25. The predicted molar refractivity (Wildman–Crippen MR) is 71.2 cm³/mol. The summed E-state index contributed by atoms with van der Waals surface area (Å²) in [4.78, 5) is 12.0. The summed E-state index contributed by atoms with van der Waals surface area (Å²) in [6, 6.07) is 4.29. The lowest BCUT2D eigenvalue weighted by molar-refractivity contribution is -0.160. The van der Waals surface area contributed by atoms with Gasteiger partial charge in [0.25, 0.3) is 0 Å². The number of rotatable bonds is 5. The smallest absolute Gasteiger partial charge is 0.416 e. The van der Waals surface area contributed by atoms with Gasteiger partial charge in [-0.2, -0.15) is 17.4 Å². The molecule has 1 atom stereocenters. The molecule has 1 aromatic rings. The van der Waals surface area contributed by atoms with Crippen LogP contribution >= 0.6 is 0 Å². The second kappa shape index (κ2) is 6.49. The summed E-state index contributed by atoms with van der Waals surface area (Å²) in [6.07, 6.45) is -2.75. The largest absolute Gasteiger partial charge is 0.463 e. The normalized spacial score (nSPS) is 14.7. The summed E-state index contributed by atoms with van der Waals surface area (Å²) in [5.41, 5.74) is -1.88. The lowest BCUT2D eigenvalue weighted by Crippen LogP contribution is -2.37. The molecule has 0 saturated heterocycles. The van der Waals surface area contributed by atoms with Gasteiger partial charge in [-0.1, -0.05) is 12.1 Å². The highest BCUT2D eigenvalue weighted by Crippen LogP contribution is 2.32. The molecule has 0 N–H and O–H groups in total. The average molecular weight is 309 g/mol. The first-order valence-corrected chi connectivity index (χ1v) is 7.14. The number of hydrogen-bond acceptors (Lipinski definition) is 3. The maximum Gasteiger partial charge on any atom is 0.416 e. The van der Waals surface area contributed by atoms with Crippen LogP contribution < -0.4 is 0 Å². The van der Waals surface area contributed by atoms with Crippen molar-refractivity contribution in [3.05, 3.63) is 35.4 Å². The quantitative estimate of drug-likeness (QED) is 0.477. The summed E-state index contributed by atoms with van der Waals surface area (Å²) in [5, 5.41) is 0. The molecule has 0 bridgehead atoms. The summed E-state index contributed by atoms with van der Waals surface area (Å²) >= 11 is 0.470. The maximum atomic E-state index is 12.5. The highest BCUT2D eigenvalue weighted by molar-refractivity contribution is 7.72. The van der Waals surface area contributed by atoms with E-state index in [0.29, 0.717) is 17.6 Å². The number of esters is 1. The van der Waals surface area contributed by atoms with E-state index in [2.05, 4.69) is 0 Å². The number of thiol groups is 1. The van der Waals surface area contributed by atoms with E-state index >= 15 is 0 Å². The molecular weight excluding hydrogens is 293 g/mol. The van der Waals surface area contributed by atoms with Gasteiger partial charge >= 0.3 is 12.1 Å². The van der Waals surface area contributed by atoms with E-state index in [1.165, 1.54) is 19.1 Å². The maximum absolute atomic E-state index is 12.5. The van der Waals surface area contributed by atoms with Crippen molar-refractivity contribution in [3.8, 4) is 0 Å². The Bertz CT molecular complexity index is 459. The van der Waals surface area contributed by atoms with Gasteiger partial charge in [0, 0.05) is 5.56 Å². The monoisotopic (exact) mass is 309 g/mol. The van der Waals surface area contributed by atoms with Crippen molar-refractivity contribution in [2.45, 2.75) is 25.6 Å². The Morgan fingerprint density at radius 3 is 2.10 bits per heavy atom. The molecule has 1 aromatic carbocycles. The molecule has 0 saturated carbocycles. The van der Waals surface area contributed by atoms with Gasteiger partial charge in [0.15, 0.2) is 0 Å². The molecule has 1 rings (SSSR count). The van der Waals surface area contributed by atoms with Crippen molar-refractivity contribution in [2.24, 2.45) is 0 Å². The molecule has 0 aliphatic rings. The summed E-state index contributed by atoms with van der Waals surface area (Å²) < 4.78 is 47.9. The fraction of sp³-hybridized carbons (Fsp3) is 0.462. The molecule has 0 radical (unpaired) electrons. The van der Waals surface area contributed by atoms with Gasteiger partial charge in [-0.05, 0) is 26.0 Å². The number of ether oxygens (including phenoxy) is 1. The summed E-state index contributed by atoms with van der Waals surface area (Å²) in [6.45, 7) is 3.29. The molecule has 112 valence electrons. The van der Waals surface area contributed by atoms with Gasteiger partial charge in [0.1, 0.15) is 18.3 Å². The molecule has 0 amide bonds. The molecule has 0 aromatic heterocycles. The van der Waals surface area contributed by atoms with Crippen molar-refractivity contribution < 1.29 is 26.9 Å². The van der Waals surface area contributed by atoms with Crippen molar-refractivity contribution in [3.63, 3.8) is 0 Å². The minimum absolute atomic E-state index is 0.166. The fourth-order valence-electron chi connectivity index (χ4n) is 1.64. The van der Waals surface area contributed by atoms with E-state index < -0.39 is 23.3 Å². The Morgan fingerprint density at radius 1 is 1.20 bits per heavy atom. The standard InChI is InChI=1S/C13H15F3O3S/c1-4-18-11(17)12(2,19-20-3)9-5-7-10(8-6-9)13(14,15)16/h5-8H,4H2,1-3H3/p+1. The molecule has 7 heteroatoms. The number of alkyl halides is 3. The number of benzene rings is 1. The van der Waals surface area contributed by atoms with Crippen LogP contribution in [-0.2, 0) is 37.5 Å². The zero-order chi connectivity index (χ0) is 15.4. The molecule has 0 aliphatic heterocycles. The first kappa shape index (κ1) is 16.8. The Labute approximate surface area is 119 Å². The van der Waals surface area contributed by atoms with Gasteiger partial charge in [0.2, 0.25) is 5.60 Å². The summed E-state index contributed by atoms with van der Waals surface area (Å²) in [5.74, 6) is -0.630. The van der Waals surface area contributed by atoms with E-state index in [-0.39, 0.29) is 6.61 Å². The zero-order valence-electron chi connectivity index (χ0n) is 11.3. The minimum Gasteiger partial charge on any atom is -0.463 e. The molecule has 20 heavy (non-hydrogen) atoms. The molecule has 0 aliphatic carbocycles. The van der Waals surface area contributed by atoms with Crippen LogP contribution in [0.5, 0.6) is 0 Å². The topological polar surface area (TPSA) is 35.5 Å². The number of carbonyl (C=O) groups excluding carboxylic acids is 1. The van der Waals surface area contributed by atoms with Gasteiger partial charge in [-0.25, -0.2) is 4.79 Å². The Kier molecular flexibility index (Phi) is 5.47. The predicted octanol–water partition coefficient (Wildman–Crippen LogP) is 2.86. The van der Waals surface area contributed by atoms with Crippen LogP contribution in [0.4, 0.5) is 13.2 Å². The Balaban J connectivity index is 3.13. The summed E-state index contributed by atoms with van der Waals surface area (Å²) in [7, 11) is 0. The first-order valence-electron chi connectivity index (χ1n) is 5.88. The van der Waals surface area contributed by atoms with Crippen LogP contribution in [0.25, 0.3) is 0 Å². The van der Waals surface area contributed by atoms with E-state index in [1.807, 2.05) is 0 Å². The van der Waals surface area contributed by atoms with E-state index in [4.69, 9.17) is 8.92 Å². The van der Waals surface area contributed by atoms with Gasteiger partial charge in [-0.15, -0.1) is 0 Å². The van der Waals surface area contributed by atoms with Gasteiger partial charge in [-0.3, -0.25) is 0 Å². The van der Waals surface area contributed by atoms with Crippen molar-refractivity contribution in [1.82, 2.24) is 0 Å². The third-order valence-electron chi connectivity index (χ3n) is 2.70. The molecule has 0 fully saturated rings. The Hall–Kier alpha value is -1.21. The van der Waals surface area contributed by atoms with Crippen molar-refractivity contribution >= 4 is 18.0 Å². The SMILES string of the molecule is CCOC(=O)C(C)(O[SH+]C)c1ccc(C(F)(F)F)cc1. The first-order chi connectivity index (χ1) is 9.25. The lowest BCUT2D eigenvalue weighted by atomic mass is 9.95. The fourth-order valence-corrected chi connectivity index (χ4v) is 2.18. The molecule has 0 spiro atoms. The van der Waals surface area contributed by atoms with Gasteiger partial charge < -0.3 is 4.74 Å².